The molecule has 0 radical (unpaired) electrons. The second kappa shape index (κ2) is 8.42. The molecule has 0 atom stereocenters. The van der Waals surface area contributed by atoms with E-state index in [0.29, 0.717) is 12.6 Å². The van der Waals surface area contributed by atoms with Crippen LogP contribution in [0.1, 0.15) is 37.7 Å². The number of amides is 1. The van der Waals surface area contributed by atoms with Crippen LogP contribution in [0.5, 0.6) is 5.75 Å². The number of nitrogens with zero attached hydrogens (tertiary/aromatic N) is 1. The molecular weight excluding hydrogens is 266 g/mol. The van der Waals surface area contributed by atoms with Crippen molar-refractivity contribution in [2.45, 2.75) is 38.1 Å². The molecule has 5 nitrogen and oxygen atoms in total. The van der Waals surface area contributed by atoms with Crippen molar-refractivity contribution in [2.75, 3.05) is 13.7 Å². The summed E-state index contributed by atoms with van der Waals surface area (Å²) in [5.41, 5.74) is 3.37. The van der Waals surface area contributed by atoms with Gasteiger partial charge < -0.3 is 10.1 Å². The molecule has 114 valence electrons. The van der Waals surface area contributed by atoms with Crippen LogP contribution in [-0.2, 0) is 4.79 Å². The predicted octanol–water partition coefficient (Wildman–Crippen LogP) is 2.07. The summed E-state index contributed by atoms with van der Waals surface area (Å²) < 4.78 is 5.21. The maximum absolute atomic E-state index is 11.7. The molecule has 21 heavy (non-hydrogen) atoms. The van der Waals surface area contributed by atoms with Crippen LogP contribution in [-0.4, -0.2) is 31.8 Å². The summed E-state index contributed by atoms with van der Waals surface area (Å²) in [5.74, 6) is 0.613. The van der Waals surface area contributed by atoms with Gasteiger partial charge in [0.25, 0.3) is 5.91 Å². The van der Waals surface area contributed by atoms with E-state index < -0.39 is 0 Å². The highest BCUT2D eigenvalue weighted by molar-refractivity contribution is 5.85. The lowest BCUT2D eigenvalue weighted by Crippen LogP contribution is -2.38. The van der Waals surface area contributed by atoms with Gasteiger partial charge in [0.1, 0.15) is 5.75 Å². The van der Waals surface area contributed by atoms with Gasteiger partial charge in [0.2, 0.25) is 0 Å². The van der Waals surface area contributed by atoms with E-state index in [9.17, 15) is 4.79 Å². The van der Waals surface area contributed by atoms with Crippen molar-refractivity contribution in [2.24, 2.45) is 5.10 Å². The van der Waals surface area contributed by atoms with Crippen LogP contribution < -0.4 is 15.5 Å². The van der Waals surface area contributed by atoms with Crippen LogP contribution in [0.2, 0.25) is 0 Å². The fourth-order valence-corrected chi connectivity index (χ4v) is 2.53. The van der Waals surface area contributed by atoms with Crippen molar-refractivity contribution >= 4 is 12.1 Å². The number of carbonyl (C=O) groups excluding carboxylic acids is 1. The molecular formula is C16H23N3O2. The summed E-state index contributed by atoms with van der Waals surface area (Å²) in [6.45, 7) is 0.313. The maximum atomic E-state index is 11.7. The van der Waals surface area contributed by atoms with Gasteiger partial charge in [-0.3, -0.25) is 4.79 Å². The molecule has 0 aliphatic heterocycles. The monoisotopic (exact) mass is 289 g/mol. The zero-order valence-corrected chi connectivity index (χ0v) is 12.5. The lowest BCUT2D eigenvalue weighted by molar-refractivity contribution is -0.120. The molecule has 1 aromatic carbocycles. The molecule has 1 aliphatic rings. The third-order valence-corrected chi connectivity index (χ3v) is 3.69. The Bertz CT molecular complexity index is 482. The molecule has 0 heterocycles. The van der Waals surface area contributed by atoms with Crippen LogP contribution in [0.4, 0.5) is 0 Å². The molecule has 0 unspecified atom stereocenters. The topological polar surface area (TPSA) is 62.7 Å². The highest BCUT2D eigenvalue weighted by Crippen LogP contribution is 2.17. The van der Waals surface area contributed by atoms with Crippen LogP contribution >= 0.6 is 0 Å². The largest absolute Gasteiger partial charge is 0.496 e. The molecule has 2 rings (SSSR count). The highest BCUT2D eigenvalue weighted by atomic mass is 16.5. The zero-order chi connectivity index (χ0) is 14.9. The third kappa shape index (κ3) is 5.19. The van der Waals surface area contributed by atoms with Gasteiger partial charge in [-0.15, -0.1) is 0 Å². The molecule has 1 amide bonds. The van der Waals surface area contributed by atoms with E-state index in [1.165, 1.54) is 19.3 Å². The van der Waals surface area contributed by atoms with Gasteiger partial charge in [-0.25, -0.2) is 5.43 Å². The number of hydrogen-bond acceptors (Lipinski definition) is 4. The zero-order valence-electron chi connectivity index (χ0n) is 12.5. The number of rotatable bonds is 6. The molecule has 2 N–H and O–H groups in total. The number of hydrazone groups is 1. The van der Waals surface area contributed by atoms with Gasteiger partial charge in [0.15, 0.2) is 0 Å². The number of methoxy groups -OCH3 is 1. The van der Waals surface area contributed by atoms with Crippen molar-refractivity contribution in [3.63, 3.8) is 0 Å². The van der Waals surface area contributed by atoms with E-state index in [1.54, 1.807) is 13.3 Å². The van der Waals surface area contributed by atoms with Gasteiger partial charge in [-0.2, -0.15) is 5.10 Å². The molecule has 0 aromatic heterocycles. The Labute approximate surface area is 125 Å². The van der Waals surface area contributed by atoms with Crippen molar-refractivity contribution in [1.29, 1.82) is 0 Å². The van der Waals surface area contributed by atoms with Crippen molar-refractivity contribution < 1.29 is 9.53 Å². The Morgan fingerprint density at radius 1 is 1.33 bits per heavy atom. The maximum Gasteiger partial charge on any atom is 0.254 e. The van der Waals surface area contributed by atoms with Crippen molar-refractivity contribution in [3.8, 4) is 5.75 Å². The summed E-state index contributed by atoms with van der Waals surface area (Å²) in [4.78, 5) is 11.7. The molecule has 1 saturated carbocycles. The van der Waals surface area contributed by atoms with Gasteiger partial charge >= 0.3 is 0 Å². The second-order valence-electron chi connectivity index (χ2n) is 5.25. The SMILES string of the molecule is COc1ccccc1/C=N\NC(=O)CNC1CCCCC1. The average Bonchev–Trinajstić information content (AvgIpc) is 2.54. The minimum Gasteiger partial charge on any atom is -0.496 e. The Kier molecular flexibility index (Phi) is 6.22. The normalized spacial score (nSPS) is 16.0. The molecule has 1 aromatic rings. The van der Waals surface area contributed by atoms with Crippen LogP contribution in [0.25, 0.3) is 0 Å². The van der Waals surface area contributed by atoms with E-state index in [0.717, 1.165) is 24.2 Å². The average molecular weight is 289 g/mol. The highest BCUT2D eigenvalue weighted by Gasteiger charge is 2.13. The first-order valence-electron chi connectivity index (χ1n) is 7.48. The Hall–Kier alpha value is -1.88. The number of benzene rings is 1. The fourth-order valence-electron chi connectivity index (χ4n) is 2.53. The molecule has 1 fully saturated rings. The summed E-state index contributed by atoms with van der Waals surface area (Å²) in [6, 6.07) is 8.00. The van der Waals surface area contributed by atoms with E-state index in [-0.39, 0.29) is 5.91 Å². The van der Waals surface area contributed by atoms with E-state index in [4.69, 9.17) is 4.74 Å². The minimum atomic E-state index is -0.119. The lowest BCUT2D eigenvalue weighted by atomic mass is 9.95. The quantitative estimate of drug-likeness (QED) is 0.622. The Morgan fingerprint density at radius 2 is 2.10 bits per heavy atom. The van der Waals surface area contributed by atoms with Crippen molar-refractivity contribution in [1.82, 2.24) is 10.7 Å². The number of nitrogens with one attached hydrogen (secondary N) is 2. The van der Waals surface area contributed by atoms with Gasteiger partial charge in [0, 0.05) is 11.6 Å². The van der Waals surface area contributed by atoms with Gasteiger partial charge in [-0.05, 0) is 25.0 Å². The summed E-state index contributed by atoms with van der Waals surface area (Å²) in [5, 5.41) is 7.25. The predicted molar refractivity (Wildman–Crippen MR) is 83.6 cm³/mol. The molecule has 0 bridgehead atoms. The minimum absolute atomic E-state index is 0.119. The standard InChI is InChI=1S/C16H23N3O2/c1-21-15-10-6-5-7-13(15)11-18-19-16(20)12-17-14-8-3-2-4-9-14/h5-7,10-11,14,17H,2-4,8-9,12H2,1H3,(H,19,20)/b18-11-. The number of carbonyl (C=O) groups is 1. The molecule has 0 saturated heterocycles. The summed E-state index contributed by atoms with van der Waals surface area (Å²) >= 11 is 0. The van der Waals surface area contributed by atoms with E-state index in [1.807, 2.05) is 24.3 Å². The van der Waals surface area contributed by atoms with Gasteiger partial charge in [-0.1, -0.05) is 31.4 Å². The first kappa shape index (κ1) is 15.5. The first-order chi connectivity index (χ1) is 10.3. The smallest absolute Gasteiger partial charge is 0.254 e. The number of para-hydroxylation sites is 1. The molecule has 5 heteroatoms. The van der Waals surface area contributed by atoms with Crippen LogP contribution in [0.3, 0.4) is 0 Å². The Morgan fingerprint density at radius 3 is 2.86 bits per heavy atom. The lowest BCUT2D eigenvalue weighted by Gasteiger charge is -2.22. The third-order valence-electron chi connectivity index (χ3n) is 3.69. The van der Waals surface area contributed by atoms with Crippen LogP contribution in [0.15, 0.2) is 29.4 Å². The number of hydrogen-bond donors (Lipinski definition) is 2. The van der Waals surface area contributed by atoms with E-state index in [2.05, 4.69) is 15.8 Å². The first-order valence-corrected chi connectivity index (χ1v) is 7.48. The summed E-state index contributed by atoms with van der Waals surface area (Å²) in [6.07, 6.45) is 7.75. The molecule has 0 spiro atoms. The Balaban J connectivity index is 1.74. The van der Waals surface area contributed by atoms with Gasteiger partial charge in [0.05, 0.1) is 19.9 Å². The van der Waals surface area contributed by atoms with Crippen molar-refractivity contribution in [3.05, 3.63) is 29.8 Å². The fraction of sp³-hybridized carbons (Fsp3) is 0.500. The molecule has 1 aliphatic carbocycles. The number of ether oxygens (including phenoxy) is 1. The summed E-state index contributed by atoms with van der Waals surface area (Å²) in [7, 11) is 1.61. The van der Waals surface area contributed by atoms with Crippen LogP contribution in [0, 0.1) is 0 Å². The second-order valence-corrected chi connectivity index (χ2v) is 5.25. The van der Waals surface area contributed by atoms with E-state index >= 15 is 0 Å².